The predicted octanol–water partition coefficient (Wildman–Crippen LogP) is 5.73. The molecule has 3 aromatic carbocycles. The molecule has 0 aliphatic carbocycles. The molecule has 0 aliphatic rings. The third-order valence-electron chi connectivity index (χ3n) is 4.42. The zero-order valence-electron chi connectivity index (χ0n) is 15.6. The molecule has 0 aliphatic heterocycles. The lowest BCUT2D eigenvalue weighted by molar-refractivity contribution is 0.0734. The molecule has 136 valence electrons. The molecule has 3 heteroatoms. The topological polar surface area (TPSA) is 43.4 Å². The lowest BCUT2D eigenvalue weighted by Gasteiger charge is -2.07. The van der Waals surface area contributed by atoms with Gasteiger partial charge in [0, 0.05) is 5.56 Å². The lowest BCUT2D eigenvalue weighted by atomic mass is 10.0. The second-order valence-corrected chi connectivity index (χ2v) is 6.49. The molecule has 0 unspecified atom stereocenters. The highest BCUT2D eigenvalue weighted by atomic mass is 16.5. The summed E-state index contributed by atoms with van der Waals surface area (Å²) in [5, 5.41) is 0. The van der Waals surface area contributed by atoms with E-state index in [0.29, 0.717) is 16.9 Å². The normalized spacial score (nSPS) is 10.4. The summed E-state index contributed by atoms with van der Waals surface area (Å²) in [4.78, 5) is 23.6. The summed E-state index contributed by atoms with van der Waals surface area (Å²) in [5.41, 5.74) is 4.44. The molecule has 0 saturated carbocycles. The first-order valence-corrected chi connectivity index (χ1v) is 9.09. The molecule has 0 fully saturated rings. The second-order valence-electron chi connectivity index (χ2n) is 6.49. The highest BCUT2D eigenvalue weighted by Crippen LogP contribution is 2.23. The van der Waals surface area contributed by atoms with Crippen LogP contribution in [-0.2, 0) is 6.42 Å². The smallest absolute Gasteiger partial charge is 0.343 e. The van der Waals surface area contributed by atoms with Crippen molar-refractivity contribution >= 4 is 11.8 Å². The van der Waals surface area contributed by atoms with Crippen molar-refractivity contribution in [1.29, 1.82) is 0 Å². The molecule has 0 spiro atoms. The Labute approximate surface area is 159 Å². The Balaban J connectivity index is 1.68. The first-order valence-electron chi connectivity index (χ1n) is 9.09. The number of carbonyl (C=O) groups excluding carboxylic acids is 2. The first-order chi connectivity index (χ1) is 13.1. The molecule has 0 heterocycles. The fourth-order valence-electron chi connectivity index (χ4n) is 2.87. The molecule has 0 amide bonds. The van der Waals surface area contributed by atoms with Crippen molar-refractivity contribution in [2.24, 2.45) is 0 Å². The first kappa shape index (κ1) is 18.6. The Bertz CT molecular complexity index is 921. The summed E-state index contributed by atoms with van der Waals surface area (Å²) in [6.07, 6.45) is 2.08. The van der Waals surface area contributed by atoms with Gasteiger partial charge < -0.3 is 4.74 Å². The monoisotopic (exact) mass is 358 g/mol. The minimum absolute atomic E-state index is 0.0477. The van der Waals surface area contributed by atoms with Gasteiger partial charge in [0.1, 0.15) is 5.75 Å². The Kier molecular flexibility index (Phi) is 5.82. The van der Waals surface area contributed by atoms with Crippen molar-refractivity contribution in [3.63, 3.8) is 0 Å². The van der Waals surface area contributed by atoms with Gasteiger partial charge in [-0.3, -0.25) is 4.79 Å². The zero-order chi connectivity index (χ0) is 19.2. The maximum atomic E-state index is 12.3. The van der Waals surface area contributed by atoms with E-state index in [2.05, 4.69) is 6.92 Å². The van der Waals surface area contributed by atoms with Crippen LogP contribution in [0.5, 0.6) is 5.75 Å². The lowest BCUT2D eigenvalue weighted by Crippen LogP contribution is -2.08. The van der Waals surface area contributed by atoms with Gasteiger partial charge >= 0.3 is 5.97 Å². The fraction of sp³-hybridized carbons (Fsp3) is 0.167. The van der Waals surface area contributed by atoms with Crippen LogP contribution in [-0.4, -0.2) is 11.8 Å². The fourth-order valence-corrected chi connectivity index (χ4v) is 2.87. The third-order valence-corrected chi connectivity index (χ3v) is 4.42. The van der Waals surface area contributed by atoms with Gasteiger partial charge in [-0.05, 0) is 54.3 Å². The molecule has 3 rings (SSSR count). The number of aryl methyl sites for hydroxylation is 1. The third kappa shape index (κ3) is 4.70. The van der Waals surface area contributed by atoms with Crippen LogP contribution in [0.15, 0.2) is 72.8 Å². The van der Waals surface area contributed by atoms with Gasteiger partial charge in [0.2, 0.25) is 0 Å². The minimum atomic E-state index is -0.364. The highest BCUT2D eigenvalue weighted by Gasteiger charge is 2.09. The van der Waals surface area contributed by atoms with Gasteiger partial charge in [0.15, 0.2) is 5.78 Å². The summed E-state index contributed by atoms with van der Waals surface area (Å²) in [7, 11) is 0. The Morgan fingerprint density at radius 3 is 1.78 bits per heavy atom. The SMILES string of the molecule is CCCc1ccc(C(=O)Oc2ccc(-c3ccc(C(C)=O)cc3)cc2)cc1. The van der Waals surface area contributed by atoms with Crippen LogP contribution in [0.25, 0.3) is 11.1 Å². The molecule has 0 radical (unpaired) electrons. The van der Waals surface area contributed by atoms with Crippen LogP contribution in [0.2, 0.25) is 0 Å². The van der Waals surface area contributed by atoms with E-state index >= 15 is 0 Å². The summed E-state index contributed by atoms with van der Waals surface area (Å²) in [6.45, 7) is 3.68. The maximum absolute atomic E-state index is 12.3. The average Bonchev–Trinajstić information content (AvgIpc) is 2.69. The molecule has 0 saturated heterocycles. The van der Waals surface area contributed by atoms with E-state index in [0.717, 1.165) is 24.0 Å². The number of carbonyl (C=O) groups is 2. The number of ether oxygens (including phenoxy) is 1. The Hall–Kier alpha value is -3.20. The number of hydrogen-bond acceptors (Lipinski definition) is 3. The van der Waals surface area contributed by atoms with E-state index in [4.69, 9.17) is 4.74 Å². The number of rotatable bonds is 6. The molecule has 3 nitrogen and oxygen atoms in total. The van der Waals surface area contributed by atoms with Crippen molar-refractivity contribution < 1.29 is 14.3 Å². The summed E-state index contributed by atoms with van der Waals surface area (Å²) in [6, 6.07) is 22.3. The second kappa shape index (κ2) is 8.45. The largest absolute Gasteiger partial charge is 0.423 e. The van der Waals surface area contributed by atoms with E-state index in [1.165, 1.54) is 5.56 Å². The molecule has 0 aromatic heterocycles. The van der Waals surface area contributed by atoms with Gasteiger partial charge in [0.05, 0.1) is 5.56 Å². The van der Waals surface area contributed by atoms with Gasteiger partial charge in [0.25, 0.3) is 0 Å². The van der Waals surface area contributed by atoms with Crippen molar-refractivity contribution in [3.05, 3.63) is 89.5 Å². The van der Waals surface area contributed by atoms with Gasteiger partial charge in [-0.25, -0.2) is 4.79 Å². The molecule has 0 atom stereocenters. The van der Waals surface area contributed by atoms with Crippen molar-refractivity contribution in [3.8, 4) is 16.9 Å². The summed E-state index contributed by atoms with van der Waals surface area (Å²) >= 11 is 0. The van der Waals surface area contributed by atoms with Gasteiger partial charge in [-0.1, -0.05) is 61.9 Å². The number of esters is 1. The molecule has 3 aromatic rings. The van der Waals surface area contributed by atoms with E-state index in [1.807, 2.05) is 48.5 Å². The zero-order valence-corrected chi connectivity index (χ0v) is 15.6. The highest BCUT2D eigenvalue weighted by molar-refractivity contribution is 5.94. The van der Waals surface area contributed by atoms with Crippen molar-refractivity contribution in [2.75, 3.05) is 0 Å². The summed E-state index contributed by atoms with van der Waals surface area (Å²) < 4.78 is 5.46. The van der Waals surface area contributed by atoms with Crippen LogP contribution < -0.4 is 4.74 Å². The van der Waals surface area contributed by atoms with Crippen LogP contribution >= 0.6 is 0 Å². The Morgan fingerprint density at radius 1 is 0.741 bits per heavy atom. The van der Waals surface area contributed by atoms with Crippen LogP contribution in [0.1, 0.15) is 46.5 Å². The van der Waals surface area contributed by atoms with E-state index in [-0.39, 0.29) is 11.8 Å². The van der Waals surface area contributed by atoms with Crippen LogP contribution in [0, 0.1) is 0 Å². The number of benzene rings is 3. The quantitative estimate of drug-likeness (QED) is 0.321. The number of Topliss-reactive ketones (excluding diaryl/α,β-unsaturated/α-hetero) is 1. The van der Waals surface area contributed by atoms with E-state index in [1.54, 1.807) is 31.2 Å². The van der Waals surface area contributed by atoms with Crippen LogP contribution in [0.3, 0.4) is 0 Å². The number of hydrogen-bond donors (Lipinski definition) is 0. The van der Waals surface area contributed by atoms with E-state index in [9.17, 15) is 9.59 Å². The van der Waals surface area contributed by atoms with Gasteiger partial charge in [-0.2, -0.15) is 0 Å². The standard InChI is InChI=1S/C24H22O3/c1-3-4-18-5-7-22(8-6-18)24(26)27-23-15-13-21(14-16-23)20-11-9-19(10-12-20)17(2)25/h5-16H,3-4H2,1-2H3. The van der Waals surface area contributed by atoms with Crippen molar-refractivity contribution in [1.82, 2.24) is 0 Å². The van der Waals surface area contributed by atoms with Crippen molar-refractivity contribution in [2.45, 2.75) is 26.7 Å². The Morgan fingerprint density at radius 2 is 1.26 bits per heavy atom. The molecule has 0 N–H and O–H groups in total. The maximum Gasteiger partial charge on any atom is 0.343 e. The average molecular weight is 358 g/mol. The molecule has 27 heavy (non-hydrogen) atoms. The minimum Gasteiger partial charge on any atom is -0.423 e. The number of ketones is 1. The molecular weight excluding hydrogens is 336 g/mol. The predicted molar refractivity (Wildman–Crippen MR) is 107 cm³/mol. The summed E-state index contributed by atoms with van der Waals surface area (Å²) in [5.74, 6) is 0.185. The molecular formula is C24H22O3. The van der Waals surface area contributed by atoms with E-state index < -0.39 is 0 Å². The van der Waals surface area contributed by atoms with Crippen LogP contribution in [0.4, 0.5) is 0 Å². The van der Waals surface area contributed by atoms with Gasteiger partial charge in [-0.15, -0.1) is 0 Å². The molecule has 0 bridgehead atoms.